The van der Waals surface area contributed by atoms with Crippen molar-refractivity contribution in [2.24, 2.45) is 0 Å². The number of anilines is 1. The van der Waals surface area contributed by atoms with Crippen LogP contribution in [0.25, 0.3) is 0 Å². The number of fused-ring (bicyclic) bond motifs is 1. The molecule has 10 nitrogen and oxygen atoms in total. The number of β-amino-alcohol motifs (C(OH)–C–C–N with tert-alkyl or cyclic N) is 2. The van der Waals surface area contributed by atoms with Crippen molar-refractivity contribution in [1.29, 1.82) is 0 Å². The van der Waals surface area contributed by atoms with Crippen molar-refractivity contribution in [3.63, 3.8) is 0 Å². The van der Waals surface area contributed by atoms with Gasteiger partial charge in [-0.2, -0.15) is 0 Å². The van der Waals surface area contributed by atoms with Gasteiger partial charge in [-0.15, -0.1) is 0 Å². The van der Waals surface area contributed by atoms with Gasteiger partial charge in [0, 0.05) is 44.0 Å². The number of aliphatic hydroxyl groups is 2. The number of rotatable bonds is 10. The Morgan fingerprint density at radius 2 is 2.14 bits per heavy atom. The number of aromatic nitrogens is 2. The van der Waals surface area contributed by atoms with Crippen LogP contribution in [0.15, 0.2) is 47.3 Å². The Balaban J connectivity index is 1.10. The minimum Gasteiger partial charge on any atom is -0.486 e. The summed E-state index contributed by atoms with van der Waals surface area (Å²) in [6.45, 7) is 3.52. The average Bonchev–Trinajstić information content (AvgIpc) is 3.28. The third kappa shape index (κ3) is 6.27. The number of hydrogen-bond acceptors (Lipinski definition) is 9. The molecule has 37 heavy (non-hydrogen) atoms. The second kappa shape index (κ2) is 11.3. The van der Waals surface area contributed by atoms with Gasteiger partial charge in [-0.1, -0.05) is 6.07 Å². The summed E-state index contributed by atoms with van der Waals surface area (Å²) < 4.78 is 11.1. The Bertz CT molecular complexity index is 1230. The van der Waals surface area contributed by atoms with E-state index in [-0.39, 0.29) is 19.1 Å². The lowest BCUT2D eigenvalue weighted by Crippen LogP contribution is -2.43. The van der Waals surface area contributed by atoms with Crippen LogP contribution in [0.2, 0.25) is 0 Å². The summed E-state index contributed by atoms with van der Waals surface area (Å²) in [5.41, 5.74) is 3.08. The lowest BCUT2D eigenvalue weighted by Gasteiger charge is -2.33. The van der Waals surface area contributed by atoms with E-state index in [9.17, 15) is 15.0 Å². The van der Waals surface area contributed by atoms with Gasteiger partial charge < -0.3 is 30.0 Å². The molecule has 0 saturated heterocycles. The van der Waals surface area contributed by atoms with Crippen molar-refractivity contribution >= 4 is 11.7 Å². The van der Waals surface area contributed by atoms with Gasteiger partial charge in [0.05, 0.1) is 17.9 Å². The maximum atomic E-state index is 12.6. The van der Waals surface area contributed by atoms with Crippen LogP contribution in [0, 0.1) is 6.92 Å². The summed E-state index contributed by atoms with van der Waals surface area (Å²) in [5, 5.41) is 27.5. The molecule has 1 amide bonds. The van der Waals surface area contributed by atoms with Gasteiger partial charge in [0.2, 0.25) is 0 Å². The summed E-state index contributed by atoms with van der Waals surface area (Å²) in [5.74, 6) is 1.75. The molecule has 10 heteroatoms. The highest BCUT2D eigenvalue weighted by atomic mass is 16.5. The fourth-order valence-corrected chi connectivity index (χ4v) is 4.61. The van der Waals surface area contributed by atoms with E-state index in [2.05, 4.69) is 20.6 Å². The van der Waals surface area contributed by atoms with Gasteiger partial charge in [0.25, 0.3) is 5.91 Å². The first-order chi connectivity index (χ1) is 17.9. The highest BCUT2D eigenvalue weighted by Crippen LogP contribution is 2.30. The van der Waals surface area contributed by atoms with E-state index in [1.54, 1.807) is 18.3 Å². The van der Waals surface area contributed by atoms with E-state index < -0.39 is 12.2 Å². The number of aliphatic hydroxyl groups excluding tert-OH is 2. The number of hydrogen-bond donors (Lipinski definition) is 4. The number of nitrogens with one attached hydrogen (secondary N) is 2. The van der Waals surface area contributed by atoms with Crippen LogP contribution in [-0.4, -0.2) is 62.8 Å². The molecule has 2 aromatic heterocycles. The number of amides is 1. The summed E-state index contributed by atoms with van der Waals surface area (Å²) in [7, 11) is 0. The van der Waals surface area contributed by atoms with E-state index in [1.165, 1.54) is 12.8 Å². The summed E-state index contributed by atoms with van der Waals surface area (Å²) in [6.07, 6.45) is 4.98. The highest BCUT2D eigenvalue weighted by molar-refractivity contribution is 5.94. The first-order valence-corrected chi connectivity index (χ1v) is 12.7. The molecule has 0 spiro atoms. The van der Waals surface area contributed by atoms with E-state index in [1.807, 2.05) is 30.0 Å². The van der Waals surface area contributed by atoms with Gasteiger partial charge in [-0.3, -0.25) is 9.69 Å². The van der Waals surface area contributed by atoms with Crippen molar-refractivity contribution in [2.45, 2.75) is 57.6 Å². The first-order valence-electron chi connectivity index (χ1n) is 12.7. The minimum absolute atomic E-state index is 0.111. The fraction of sp³-hybridized carbons (Fsp3) is 0.444. The molecule has 1 aliphatic carbocycles. The number of aryl methyl sites for hydroxylation is 1. The third-order valence-electron chi connectivity index (χ3n) is 6.96. The molecule has 3 aromatic rings. The third-order valence-corrected chi connectivity index (χ3v) is 6.96. The molecule has 1 aliphatic heterocycles. The molecule has 1 unspecified atom stereocenters. The molecular weight excluding hydrogens is 474 g/mol. The molecule has 196 valence electrons. The zero-order valence-corrected chi connectivity index (χ0v) is 20.9. The van der Waals surface area contributed by atoms with Crippen LogP contribution in [0.5, 0.6) is 5.75 Å². The van der Waals surface area contributed by atoms with Gasteiger partial charge in [-0.25, -0.2) is 9.97 Å². The number of carbonyl (C=O) groups excluding carboxylic acids is 1. The van der Waals surface area contributed by atoms with Crippen LogP contribution >= 0.6 is 0 Å². The molecule has 3 heterocycles. The molecule has 5 rings (SSSR count). The molecule has 1 fully saturated rings. The van der Waals surface area contributed by atoms with E-state index >= 15 is 0 Å². The predicted octanol–water partition coefficient (Wildman–Crippen LogP) is 2.56. The first kappa shape index (κ1) is 25.2. The minimum atomic E-state index is -0.778. The highest BCUT2D eigenvalue weighted by Gasteiger charge is 2.26. The zero-order chi connectivity index (χ0) is 25.8. The molecular formula is C27H33N5O5. The standard InChI is InChI=1S/C27H33N5O5/c1-17-25(37-16-30-17)15-36-22-6-5-19-12-32(14-24(34)23(19)10-22)13-21(33)11-29-27(35)18-7-8-28-26(9-18)31-20-3-2-4-20/h5-10,16,20-21,24,33-34H,2-4,11-15H2,1H3,(H,28,31)(H,29,35)/t21?,24-/m1/s1. The second-order valence-corrected chi connectivity index (χ2v) is 9.79. The van der Waals surface area contributed by atoms with Crippen molar-refractivity contribution in [2.75, 3.05) is 25.0 Å². The predicted molar refractivity (Wildman–Crippen MR) is 136 cm³/mol. The monoisotopic (exact) mass is 507 g/mol. The van der Waals surface area contributed by atoms with Crippen molar-refractivity contribution in [3.05, 3.63) is 71.1 Å². The van der Waals surface area contributed by atoms with E-state index in [4.69, 9.17) is 9.15 Å². The lowest BCUT2D eigenvalue weighted by molar-refractivity contribution is 0.0517. The molecule has 0 bridgehead atoms. The van der Waals surface area contributed by atoms with Crippen LogP contribution < -0.4 is 15.4 Å². The van der Waals surface area contributed by atoms with Crippen LogP contribution in [0.3, 0.4) is 0 Å². The number of ether oxygens (including phenoxy) is 1. The average molecular weight is 508 g/mol. The summed E-state index contributed by atoms with van der Waals surface area (Å²) in [4.78, 5) is 22.9. The summed E-state index contributed by atoms with van der Waals surface area (Å²) >= 11 is 0. The number of pyridine rings is 1. The smallest absolute Gasteiger partial charge is 0.251 e. The quantitative estimate of drug-likeness (QED) is 0.327. The number of nitrogens with zero attached hydrogens (tertiary/aromatic N) is 3. The topological polar surface area (TPSA) is 133 Å². The SMILES string of the molecule is Cc1ncoc1COc1ccc2c(c1)[C@H](O)CN(CC(O)CNC(=O)c1ccnc(NC3CCC3)c1)C2. The van der Waals surface area contributed by atoms with E-state index in [0.717, 1.165) is 29.7 Å². The maximum absolute atomic E-state index is 12.6. The molecule has 1 aromatic carbocycles. The number of benzene rings is 1. The fourth-order valence-electron chi connectivity index (χ4n) is 4.61. The number of carbonyl (C=O) groups is 1. The van der Waals surface area contributed by atoms with Gasteiger partial charge in [-0.05, 0) is 61.6 Å². The normalized spacial score (nSPS) is 18.5. The van der Waals surface area contributed by atoms with Crippen molar-refractivity contribution in [3.8, 4) is 5.75 Å². The lowest BCUT2D eigenvalue weighted by atomic mass is 9.93. The van der Waals surface area contributed by atoms with Gasteiger partial charge in [0.1, 0.15) is 18.2 Å². The molecule has 1 saturated carbocycles. The molecule has 4 N–H and O–H groups in total. The Kier molecular flexibility index (Phi) is 7.68. The zero-order valence-electron chi connectivity index (χ0n) is 20.9. The van der Waals surface area contributed by atoms with Gasteiger partial charge in [0.15, 0.2) is 12.2 Å². The van der Waals surface area contributed by atoms with Crippen LogP contribution in [0.1, 0.15) is 58.3 Å². The van der Waals surface area contributed by atoms with Crippen LogP contribution in [-0.2, 0) is 13.2 Å². The maximum Gasteiger partial charge on any atom is 0.251 e. The Morgan fingerprint density at radius 3 is 2.89 bits per heavy atom. The molecule has 2 atom stereocenters. The van der Waals surface area contributed by atoms with Crippen molar-refractivity contribution < 1.29 is 24.2 Å². The summed E-state index contributed by atoms with van der Waals surface area (Å²) in [6, 6.07) is 9.47. The Labute approximate surface area is 215 Å². The molecule has 0 radical (unpaired) electrons. The van der Waals surface area contributed by atoms with Crippen molar-refractivity contribution in [1.82, 2.24) is 20.2 Å². The largest absolute Gasteiger partial charge is 0.486 e. The van der Waals surface area contributed by atoms with E-state index in [0.29, 0.717) is 48.6 Å². The van der Waals surface area contributed by atoms with Crippen LogP contribution in [0.4, 0.5) is 5.82 Å². The second-order valence-electron chi connectivity index (χ2n) is 9.79. The van der Waals surface area contributed by atoms with Gasteiger partial charge >= 0.3 is 0 Å². The molecule has 2 aliphatic rings. The number of oxazole rings is 1. The Hall–Kier alpha value is -3.47. The Morgan fingerprint density at radius 1 is 1.27 bits per heavy atom.